The lowest BCUT2D eigenvalue weighted by molar-refractivity contribution is -0.0389. The Hall–Kier alpha value is -3.52. The quantitative estimate of drug-likeness (QED) is 0.395. The van der Waals surface area contributed by atoms with Crippen LogP contribution in [0.5, 0.6) is 0 Å². The molecule has 2 aliphatic heterocycles. The van der Waals surface area contributed by atoms with Gasteiger partial charge in [0, 0.05) is 61.9 Å². The van der Waals surface area contributed by atoms with Gasteiger partial charge in [0.2, 0.25) is 0 Å². The van der Waals surface area contributed by atoms with Gasteiger partial charge in [-0.2, -0.15) is 0 Å². The lowest BCUT2D eigenvalue weighted by atomic mass is 10.0. The average Bonchev–Trinajstić information content (AvgIpc) is 3.30. The van der Waals surface area contributed by atoms with Gasteiger partial charge in [0.15, 0.2) is 0 Å². The molecule has 1 N–H and O–H groups in total. The number of benzene rings is 2. The third kappa shape index (κ3) is 5.18. The summed E-state index contributed by atoms with van der Waals surface area (Å²) in [5.41, 5.74) is 7.92. The summed E-state index contributed by atoms with van der Waals surface area (Å²) in [6.45, 7) is 7.24. The summed E-state index contributed by atoms with van der Waals surface area (Å²) in [5.74, 6) is 0.574. The lowest BCUT2D eigenvalue weighted by Gasteiger charge is -2.26. The first-order valence-electron chi connectivity index (χ1n) is 12.6. The SMILES string of the molecule is C(=C\c1cnccc1-c1ccc2ncn(CC3COC3)c2c1)/Nc1ccc(CN2CCOCC2)cc1. The largest absolute Gasteiger partial charge is 0.381 e. The van der Waals surface area contributed by atoms with Crippen LogP contribution in [0.1, 0.15) is 11.1 Å². The standard InChI is InChI=1S/C29H31N5O2/c1-4-26(5-2-22(1)17-33-11-13-35-14-12-33)31-10-7-25-16-30-9-8-27(25)24-3-6-28-29(15-24)34(21-32-28)18-23-19-36-20-23/h1-10,15-16,21,23,31H,11-14,17-20H2/b10-7+. The van der Waals surface area contributed by atoms with Gasteiger partial charge in [-0.1, -0.05) is 18.2 Å². The predicted molar refractivity (Wildman–Crippen MR) is 142 cm³/mol. The normalized spacial score (nSPS) is 17.0. The Morgan fingerprint density at radius 3 is 2.67 bits per heavy atom. The van der Waals surface area contributed by atoms with Crippen molar-refractivity contribution in [3.63, 3.8) is 0 Å². The summed E-state index contributed by atoms with van der Waals surface area (Å²) in [5, 5.41) is 3.40. The zero-order valence-electron chi connectivity index (χ0n) is 20.3. The van der Waals surface area contributed by atoms with Gasteiger partial charge in [0.05, 0.1) is 43.8 Å². The minimum absolute atomic E-state index is 0.574. The van der Waals surface area contributed by atoms with Gasteiger partial charge in [-0.25, -0.2) is 4.98 Å². The first-order valence-corrected chi connectivity index (χ1v) is 12.6. The number of aromatic nitrogens is 3. The van der Waals surface area contributed by atoms with Crippen molar-refractivity contribution in [3.05, 3.63) is 84.6 Å². The van der Waals surface area contributed by atoms with E-state index < -0.39 is 0 Å². The highest BCUT2D eigenvalue weighted by Crippen LogP contribution is 2.28. The molecule has 0 aliphatic carbocycles. The van der Waals surface area contributed by atoms with Gasteiger partial charge >= 0.3 is 0 Å². The van der Waals surface area contributed by atoms with Crippen LogP contribution in [0, 0.1) is 5.92 Å². The number of morpholine rings is 1. The highest BCUT2D eigenvalue weighted by atomic mass is 16.5. The van der Waals surface area contributed by atoms with E-state index >= 15 is 0 Å². The number of hydrogen-bond donors (Lipinski definition) is 1. The van der Waals surface area contributed by atoms with E-state index in [4.69, 9.17) is 9.47 Å². The zero-order valence-corrected chi connectivity index (χ0v) is 20.3. The van der Waals surface area contributed by atoms with Gasteiger partial charge in [-0.3, -0.25) is 9.88 Å². The minimum Gasteiger partial charge on any atom is -0.381 e. The Kier molecular flexibility index (Phi) is 6.76. The second-order valence-electron chi connectivity index (χ2n) is 9.53. The topological polar surface area (TPSA) is 64.4 Å². The van der Waals surface area contributed by atoms with Crippen molar-refractivity contribution in [2.75, 3.05) is 44.8 Å². The summed E-state index contributed by atoms with van der Waals surface area (Å²) < 4.78 is 13.0. The van der Waals surface area contributed by atoms with Crippen LogP contribution in [0.25, 0.3) is 28.2 Å². The molecule has 7 nitrogen and oxygen atoms in total. The Morgan fingerprint density at radius 1 is 1.00 bits per heavy atom. The summed E-state index contributed by atoms with van der Waals surface area (Å²) in [4.78, 5) is 11.4. The molecule has 0 spiro atoms. The molecule has 2 aromatic carbocycles. The molecule has 0 saturated carbocycles. The van der Waals surface area contributed by atoms with E-state index in [2.05, 4.69) is 79.4 Å². The Morgan fingerprint density at radius 2 is 1.86 bits per heavy atom. The van der Waals surface area contributed by atoms with Crippen LogP contribution in [0.2, 0.25) is 0 Å². The molecule has 2 aromatic heterocycles. The van der Waals surface area contributed by atoms with Crippen LogP contribution in [-0.4, -0.2) is 59.0 Å². The monoisotopic (exact) mass is 481 g/mol. The number of imidazole rings is 1. The number of pyridine rings is 1. The number of fused-ring (bicyclic) bond motifs is 1. The van der Waals surface area contributed by atoms with E-state index in [0.717, 1.165) is 86.0 Å². The second kappa shape index (κ2) is 10.6. The molecule has 0 unspecified atom stereocenters. The fraction of sp³-hybridized carbons (Fsp3) is 0.310. The number of nitrogens with one attached hydrogen (secondary N) is 1. The molecule has 0 atom stereocenters. The summed E-state index contributed by atoms with van der Waals surface area (Å²) in [7, 11) is 0. The van der Waals surface area contributed by atoms with Crippen molar-refractivity contribution in [1.29, 1.82) is 0 Å². The third-order valence-corrected chi connectivity index (χ3v) is 6.92. The van der Waals surface area contributed by atoms with Crippen molar-refractivity contribution < 1.29 is 9.47 Å². The first kappa shape index (κ1) is 22.9. The van der Waals surface area contributed by atoms with Crippen LogP contribution in [0.4, 0.5) is 5.69 Å². The van der Waals surface area contributed by atoms with Crippen LogP contribution < -0.4 is 5.32 Å². The smallest absolute Gasteiger partial charge is 0.0958 e. The van der Waals surface area contributed by atoms with Crippen LogP contribution in [0.15, 0.2) is 73.5 Å². The minimum atomic E-state index is 0.574. The van der Waals surface area contributed by atoms with E-state index in [1.807, 2.05) is 24.9 Å². The molecular weight excluding hydrogens is 450 g/mol. The van der Waals surface area contributed by atoms with E-state index in [1.165, 1.54) is 5.56 Å². The van der Waals surface area contributed by atoms with E-state index in [-0.39, 0.29) is 0 Å². The average molecular weight is 482 g/mol. The third-order valence-electron chi connectivity index (χ3n) is 6.92. The maximum absolute atomic E-state index is 5.44. The molecular formula is C29H31N5O2. The zero-order chi connectivity index (χ0) is 24.2. The fourth-order valence-electron chi connectivity index (χ4n) is 4.79. The Bertz CT molecular complexity index is 1340. The molecule has 4 aromatic rings. The molecule has 4 heterocycles. The van der Waals surface area contributed by atoms with Crippen molar-refractivity contribution in [3.8, 4) is 11.1 Å². The van der Waals surface area contributed by atoms with Crippen LogP contribution in [-0.2, 0) is 22.6 Å². The highest BCUT2D eigenvalue weighted by molar-refractivity contribution is 5.84. The number of rotatable bonds is 8. The molecule has 6 rings (SSSR count). The van der Waals surface area contributed by atoms with Gasteiger partial charge in [-0.05, 0) is 53.1 Å². The molecule has 0 bridgehead atoms. The number of nitrogens with zero attached hydrogens (tertiary/aromatic N) is 4. The summed E-state index contributed by atoms with van der Waals surface area (Å²) in [6.07, 6.45) is 9.76. The van der Waals surface area contributed by atoms with Crippen molar-refractivity contribution >= 4 is 22.8 Å². The van der Waals surface area contributed by atoms with Crippen molar-refractivity contribution in [1.82, 2.24) is 19.4 Å². The van der Waals surface area contributed by atoms with Gasteiger partial charge < -0.3 is 19.4 Å². The van der Waals surface area contributed by atoms with Crippen LogP contribution >= 0.6 is 0 Å². The second-order valence-corrected chi connectivity index (χ2v) is 9.53. The van der Waals surface area contributed by atoms with Crippen LogP contribution in [0.3, 0.4) is 0 Å². The van der Waals surface area contributed by atoms with E-state index in [9.17, 15) is 0 Å². The summed E-state index contributed by atoms with van der Waals surface area (Å²) >= 11 is 0. The van der Waals surface area contributed by atoms with Crippen molar-refractivity contribution in [2.24, 2.45) is 5.92 Å². The fourth-order valence-corrected chi connectivity index (χ4v) is 4.79. The van der Waals surface area contributed by atoms with E-state index in [0.29, 0.717) is 5.92 Å². The molecule has 7 heteroatoms. The Labute approximate surface area is 211 Å². The summed E-state index contributed by atoms with van der Waals surface area (Å²) in [6, 6.07) is 17.2. The van der Waals surface area contributed by atoms with Gasteiger partial charge in [-0.15, -0.1) is 0 Å². The molecule has 184 valence electrons. The molecule has 2 saturated heterocycles. The first-order chi connectivity index (χ1) is 17.8. The number of ether oxygens (including phenoxy) is 2. The van der Waals surface area contributed by atoms with Gasteiger partial charge in [0.1, 0.15) is 0 Å². The maximum Gasteiger partial charge on any atom is 0.0958 e. The van der Waals surface area contributed by atoms with Gasteiger partial charge in [0.25, 0.3) is 0 Å². The number of hydrogen-bond acceptors (Lipinski definition) is 6. The molecule has 0 radical (unpaired) electrons. The molecule has 2 aliphatic rings. The van der Waals surface area contributed by atoms with E-state index in [1.54, 1.807) is 0 Å². The number of anilines is 1. The molecule has 0 amide bonds. The Balaban J connectivity index is 1.15. The van der Waals surface area contributed by atoms with Crippen molar-refractivity contribution in [2.45, 2.75) is 13.1 Å². The maximum atomic E-state index is 5.44. The highest BCUT2D eigenvalue weighted by Gasteiger charge is 2.20. The molecule has 36 heavy (non-hydrogen) atoms. The lowest BCUT2D eigenvalue weighted by Crippen LogP contribution is -2.35. The predicted octanol–water partition coefficient (Wildman–Crippen LogP) is 4.66. The molecule has 2 fully saturated rings.